The molecule has 1 fully saturated rings. The van der Waals surface area contributed by atoms with Crippen LogP contribution in [0.15, 0.2) is 27.3 Å². The SMILES string of the molecule is C[C@H](NC(=O)COC(=O)/C=C/c1ccc(Br)o1)C1CC1. The normalized spacial score (nSPS) is 16.1. The number of carbonyl (C=O) groups excluding carboxylic acids is 2. The Morgan fingerprint density at radius 2 is 2.30 bits per heavy atom. The third-order valence-corrected chi connectivity index (χ3v) is 3.47. The maximum absolute atomic E-state index is 11.5. The average Bonchev–Trinajstić information content (AvgIpc) is 3.17. The zero-order valence-corrected chi connectivity index (χ0v) is 12.7. The Bertz CT molecular complexity index is 519. The lowest BCUT2D eigenvalue weighted by Crippen LogP contribution is -2.36. The number of halogens is 1. The monoisotopic (exact) mass is 341 g/mol. The van der Waals surface area contributed by atoms with Gasteiger partial charge in [0.05, 0.1) is 0 Å². The van der Waals surface area contributed by atoms with Gasteiger partial charge in [0.2, 0.25) is 0 Å². The predicted molar refractivity (Wildman–Crippen MR) is 76.7 cm³/mol. The van der Waals surface area contributed by atoms with Gasteiger partial charge < -0.3 is 14.5 Å². The van der Waals surface area contributed by atoms with Crippen molar-refractivity contribution in [3.63, 3.8) is 0 Å². The van der Waals surface area contributed by atoms with Crippen LogP contribution in [0.5, 0.6) is 0 Å². The second kappa shape index (κ2) is 6.74. The first-order valence-electron chi connectivity index (χ1n) is 6.44. The van der Waals surface area contributed by atoms with Crippen LogP contribution >= 0.6 is 15.9 Å². The van der Waals surface area contributed by atoms with Crippen LogP contribution < -0.4 is 5.32 Å². The first-order valence-corrected chi connectivity index (χ1v) is 7.23. The van der Waals surface area contributed by atoms with Gasteiger partial charge in [0.15, 0.2) is 11.3 Å². The summed E-state index contributed by atoms with van der Waals surface area (Å²) in [6.45, 7) is 1.70. The van der Waals surface area contributed by atoms with Gasteiger partial charge in [-0.05, 0) is 59.8 Å². The zero-order valence-electron chi connectivity index (χ0n) is 11.1. The minimum atomic E-state index is -0.577. The fourth-order valence-electron chi connectivity index (χ4n) is 1.76. The molecule has 0 aliphatic heterocycles. The van der Waals surface area contributed by atoms with Crippen molar-refractivity contribution in [1.29, 1.82) is 0 Å². The molecule has 5 nitrogen and oxygen atoms in total. The highest BCUT2D eigenvalue weighted by Gasteiger charge is 2.28. The largest absolute Gasteiger partial charge is 0.452 e. The van der Waals surface area contributed by atoms with E-state index in [1.54, 1.807) is 12.1 Å². The second-order valence-electron chi connectivity index (χ2n) is 4.78. The van der Waals surface area contributed by atoms with Gasteiger partial charge in [0.25, 0.3) is 5.91 Å². The van der Waals surface area contributed by atoms with Gasteiger partial charge in [-0.1, -0.05) is 0 Å². The molecule has 0 bridgehead atoms. The van der Waals surface area contributed by atoms with Crippen LogP contribution in [0.1, 0.15) is 25.5 Å². The third-order valence-electron chi connectivity index (χ3n) is 3.04. The fraction of sp³-hybridized carbons (Fsp3) is 0.429. The Morgan fingerprint density at radius 1 is 1.55 bits per heavy atom. The molecule has 0 radical (unpaired) electrons. The van der Waals surface area contributed by atoms with Crippen molar-refractivity contribution >= 4 is 33.9 Å². The molecule has 1 saturated carbocycles. The predicted octanol–water partition coefficient (Wildman–Crippen LogP) is 2.51. The summed E-state index contributed by atoms with van der Waals surface area (Å²) in [5.74, 6) is 0.256. The maximum Gasteiger partial charge on any atom is 0.331 e. The zero-order chi connectivity index (χ0) is 14.5. The van der Waals surface area contributed by atoms with Crippen molar-refractivity contribution in [2.75, 3.05) is 6.61 Å². The highest BCUT2D eigenvalue weighted by molar-refractivity contribution is 9.10. The molecule has 1 aromatic heterocycles. The Balaban J connectivity index is 1.68. The average molecular weight is 342 g/mol. The molecule has 0 saturated heterocycles. The van der Waals surface area contributed by atoms with Crippen LogP contribution in [0, 0.1) is 5.92 Å². The second-order valence-corrected chi connectivity index (χ2v) is 5.56. The number of hydrogen-bond donors (Lipinski definition) is 1. The number of furan rings is 1. The van der Waals surface area contributed by atoms with Crippen LogP contribution in [-0.4, -0.2) is 24.5 Å². The van der Waals surface area contributed by atoms with Crippen LogP contribution in [-0.2, 0) is 14.3 Å². The summed E-state index contributed by atoms with van der Waals surface area (Å²) >= 11 is 3.16. The summed E-state index contributed by atoms with van der Waals surface area (Å²) in [5.41, 5.74) is 0. The van der Waals surface area contributed by atoms with E-state index >= 15 is 0 Å². The van der Waals surface area contributed by atoms with E-state index in [0.717, 1.165) is 12.8 Å². The van der Waals surface area contributed by atoms with Gasteiger partial charge in [0.1, 0.15) is 5.76 Å². The summed E-state index contributed by atoms with van der Waals surface area (Å²) in [7, 11) is 0. The summed E-state index contributed by atoms with van der Waals surface area (Å²) in [4.78, 5) is 22.9. The number of amides is 1. The number of carbonyl (C=O) groups is 2. The first kappa shape index (κ1) is 14.8. The number of esters is 1. The molecule has 1 heterocycles. The van der Waals surface area contributed by atoms with E-state index in [-0.39, 0.29) is 18.6 Å². The standard InChI is InChI=1S/C14H16BrNO4/c1-9(10-2-3-10)16-13(17)8-19-14(18)7-5-11-4-6-12(15)20-11/h4-7,9-10H,2-3,8H2,1H3,(H,16,17)/b7-5+/t9-/m0/s1. The summed E-state index contributed by atoms with van der Waals surface area (Å²) in [6, 6.07) is 3.58. The van der Waals surface area contributed by atoms with Crippen molar-refractivity contribution in [3.05, 3.63) is 28.6 Å². The highest BCUT2D eigenvalue weighted by Crippen LogP contribution is 2.32. The van der Waals surface area contributed by atoms with E-state index in [1.165, 1.54) is 12.2 Å². The lowest BCUT2D eigenvalue weighted by Gasteiger charge is -2.12. The quantitative estimate of drug-likeness (QED) is 0.637. The lowest BCUT2D eigenvalue weighted by molar-refractivity contribution is -0.144. The Hall–Kier alpha value is -1.56. The van der Waals surface area contributed by atoms with Crippen molar-refractivity contribution in [2.45, 2.75) is 25.8 Å². The van der Waals surface area contributed by atoms with Gasteiger partial charge in [-0.2, -0.15) is 0 Å². The summed E-state index contributed by atoms with van der Waals surface area (Å²) in [6.07, 6.45) is 5.02. The molecule has 2 rings (SSSR count). The minimum Gasteiger partial charge on any atom is -0.452 e. The van der Waals surface area contributed by atoms with Gasteiger partial charge in [-0.3, -0.25) is 4.79 Å². The highest BCUT2D eigenvalue weighted by atomic mass is 79.9. The number of hydrogen-bond acceptors (Lipinski definition) is 4. The fourth-order valence-corrected chi connectivity index (χ4v) is 2.08. The van der Waals surface area contributed by atoms with Crippen molar-refractivity contribution in [1.82, 2.24) is 5.32 Å². The number of rotatable bonds is 6. The van der Waals surface area contributed by atoms with E-state index in [2.05, 4.69) is 21.2 Å². The van der Waals surface area contributed by atoms with Crippen molar-refractivity contribution in [2.24, 2.45) is 5.92 Å². The molecule has 1 amide bonds. The molecule has 1 aliphatic carbocycles. The number of ether oxygens (including phenoxy) is 1. The topological polar surface area (TPSA) is 68.5 Å². The lowest BCUT2D eigenvalue weighted by atomic mass is 10.2. The van der Waals surface area contributed by atoms with E-state index < -0.39 is 5.97 Å². The van der Waals surface area contributed by atoms with Crippen molar-refractivity contribution in [3.8, 4) is 0 Å². The number of nitrogens with one attached hydrogen (secondary N) is 1. The van der Waals surface area contributed by atoms with E-state index in [1.807, 2.05) is 6.92 Å². The molecule has 0 unspecified atom stereocenters. The molecule has 1 atom stereocenters. The first-order chi connectivity index (χ1) is 9.54. The van der Waals surface area contributed by atoms with Crippen molar-refractivity contribution < 1.29 is 18.7 Å². The molecule has 0 spiro atoms. The smallest absolute Gasteiger partial charge is 0.331 e. The van der Waals surface area contributed by atoms with E-state index in [9.17, 15) is 9.59 Å². The molecule has 6 heteroatoms. The van der Waals surface area contributed by atoms with Crippen LogP contribution in [0.4, 0.5) is 0 Å². The summed E-state index contributed by atoms with van der Waals surface area (Å²) < 4.78 is 10.6. The van der Waals surface area contributed by atoms with E-state index in [0.29, 0.717) is 16.3 Å². The molecule has 1 N–H and O–H groups in total. The summed E-state index contributed by atoms with van der Waals surface area (Å²) in [5, 5.41) is 2.81. The van der Waals surface area contributed by atoms with Gasteiger partial charge in [-0.15, -0.1) is 0 Å². The molecule has 1 aliphatic rings. The van der Waals surface area contributed by atoms with Gasteiger partial charge in [-0.25, -0.2) is 4.79 Å². The molecule has 0 aromatic carbocycles. The minimum absolute atomic E-state index is 0.150. The van der Waals surface area contributed by atoms with Crippen LogP contribution in [0.2, 0.25) is 0 Å². The molecule has 1 aromatic rings. The van der Waals surface area contributed by atoms with Crippen LogP contribution in [0.3, 0.4) is 0 Å². The Labute approximate surface area is 125 Å². The van der Waals surface area contributed by atoms with E-state index in [4.69, 9.17) is 9.15 Å². The maximum atomic E-state index is 11.5. The van der Waals surface area contributed by atoms with Crippen LogP contribution in [0.25, 0.3) is 6.08 Å². The molecular weight excluding hydrogens is 326 g/mol. The third kappa shape index (κ3) is 4.85. The molecule has 108 valence electrons. The molecule has 20 heavy (non-hydrogen) atoms. The van der Waals surface area contributed by atoms with Gasteiger partial charge >= 0.3 is 5.97 Å². The Kier molecular flexibility index (Phi) is 5.00. The van der Waals surface area contributed by atoms with Gasteiger partial charge in [0, 0.05) is 12.1 Å². The Morgan fingerprint density at radius 3 is 2.90 bits per heavy atom. The molecular formula is C14H16BrNO4.